The van der Waals surface area contributed by atoms with E-state index in [1.165, 1.54) is 4.90 Å². The van der Waals surface area contributed by atoms with E-state index in [-0.39, 0.29) is 24.3 Å². The van der Waals surface area contributed by atoms with Gasteiger partial charge in [-0.3, -0.25) is 14.5 Å². The number of hydrogen-bond acceptors (Lipinski definition) is 4. The number of carbonyl (C=O) groups excluding carboxylic acids is 2. The number of benzene rings is 3. The smallest absolute Gasteiger partial charge is 0.293 e. The van der Waals surface area contributed by atoms with Crippen LogP contribution in [0.2, 0.25) is 10.0 Å². The molecule has 0 radical (unpaired) electrons. The third kappa shape index (κ3) is 5.13. The molecule has 4 nitrogen and oxygen atoms in total. The maximum absolute atomic E-state index is 12.8. The predicted molar refractivity (Wildman–Crippen MR) is 125 cm³/mol. The zero-order valence-corrected chi connectivity index (χ0v) is 18.6. The summed E-state index contributed by atoms with van der Waals surface area (Å²) in [5, 5.41) is 0.791. The van der Waals surface area contributed by atoms with Gasteiger partial charge in [0.25, 0.3) is 11.1 Å². The molecule has 3 aromatic carbocycles. The first-order valence-electron chi connectivity index (χ1n) is 9.46. The Kier molecular flexibility index (Phi) is 6.66. The number of carbonyl (C=O) groups is 2. The van der Waals surface area contributed by atoms with Crippen molar-refractivity contribution in [1.82, 2.24) is 4.90 Å². The van der Waals surface area contributed by atoms with E-state index < -0.39 is 0 Å². The standard InChI is InChI=1S/C24H17Cl2NO3S/c25-19-11-10-18(20(26)13-19)15-30-21-9-5-4-8-17(21)12-22-23(28)27(24(29)31-22)14-16-6-2-1-3-7-16/h1-13H,14-15H2/b22-12+. The Bertz CT molecular complexity index is 1160. The molecule has 0 unspecified atom stereocenters. The lowest BCUT2D eigenvalue weighted by atomic mass is 10.1. The average Bonchev–Trinajstić information content (AvgIpc) is 3.02. The van der Waals surface area contributed by atoms with Gasteiger partial charge in [-0.25, -0.2) is 0 Å². The monoisotopic (exact) mass is 469 g/mol. The van der Waals surface area contributed by atoms with E-state index in [4.69, 9.17) is 27.9 Å². The minimum atomic E-state index is -0.311. The van der Waals surface area contributed by atoms with Crippen molar-refractivity contribution in [3.8, 4) is 5.75 Å². The highest BCUT2D eigenvalue weighted by Crippen LogP contribution is 2.35. The van der Waals surface area contributed by atoms with E-state index >= 15 is 0 Å². The Hall–Kier alpha value is -2.73. The largest absolute Gasteiger partial charge is 0.488 e. The van der Waals surface area contributed by atoms with Crippen molar-refractivity contribution >= 4 is 52.2 Å². The summed E-state index contributed by atoms with van der Waals surface area (Å²) in [6.07, 6.45) is 1.69. The minimum absolute atomic E-state index is 0.246. The highest BCUT2D eigenvalue weighted by Gasteiger charge is 2.35. The van der Waals surface area contributed by atoms with E-state index in [2.05, 4.69) is 0 Å². The summed E-state index contributed by atoms with van der Waals surface area (Å²) < 4.78 is 5.95. The number of ether oxygens (including phenoxy) is 1. The van der Waals surface area contributed by atoms with Gasteiger partial charge in [-0.15, -0.1) is 0 Å². The lowest BCUT2D eigenvalue weighted by molar-refractivity contribution is -0.123. The third-order valence-corrected chi connectivity index (χ3v) is 6.16. The van der Waals surface area contributed by atoms with Gasteiger partial charge in [0.1, 0.15) is 12.4 Å². The Morgan fingerprint density at radius 3 is 2.45 bits per heavy atom. The van der Waals surface area contributed by atoms with Gasteiger partial charge >= 0.3 is 0 Å². The topological polar surface area (TPSA) is 46.6 Å². The molecule has 1 fully saturated rings. The van der Waals surface area contributed by atoms with Crippen LogP contribution in [0.1, 0.15) is 16.7 Å². The fraction of sp³-hybridized carbons (Fsp3) is 0.0833. The molecule has 0 aromatic heterocycles. The first kappa shape index (κ1) is 21.5. The average molecular weight is 470 g/mol. The minimum Gasteiger partial charge on any atom is -0.488 e. The molecule has 1 aliphatic rings. The summed E-state index contributed by atoms with van der Waals surface area (Å²) in [6.45, 7) is 0.492. The fourth-order valence-corrected chi connectivity index (χ4v) is 4.36. The van der Waals surface area contributed by atoms with E-state index in [1.807, 2.05) is 60.7 Å². The van der Waals surface area contributed by atoms with Crippen LogP contribution in [-0.4, -0.2) is 16.0 Å². The summed E-state index contributed by atoms with van der Waals surface area (Å²) >= 11 is 13.1. The van der Waals surface area contributed by atoms with E-state index in [9.17, 15) is 9.59 Å². The normalized spacial score (nSPS) is 15.0. The first-order valence-corrected chi connectivity index (χ1v) is 11.0. The quantitative estimate of drug-likeness (QED) is 0.372. The van der Waals surface area contributed by atoms with Crippen molar-refractivity contribution in [3.63, 3.8) is 0 Å². The third-order valence-electron chi connectivity index (χ3n) is 4.66. The van der Waals surface area contributed by atoms with Crippen LogP contribution in [0.4, 0.5) is 4.79 Å². The molecule has 0 atom stereocenters. The van der Waals surface area contributed by atoms with Crippen molar-refractivity contribution in [3.05, 3.63) is 104 Å². The highest BCUT2D eigenvalue weighted by molar-refractivity contribution is 8.18. The van der Waals surface area contributed by atoms with Gasteiger partial charge < -0.3 is 4.74 Å². The van der Waals surface area contributed by atoms with Crippen LogP contribution in [0.15, 0.2) is 77.7 Å². The van der Waals surface area contributed by atoms with Gasteiger partial charge in [0.15, 0.2) is 0 Å². The van der Waals surface area contributed by atoms with Crippen LogP contribution in [-0.2, 0) is 17.9 Å². The molecular weight excluding hydrogens is 453 g/mol. The second-order valence-corrected chi connectivity index (χ2v) is 8.65. The van der Waals surface area contributed by atoms with Crippen molar-refractivity contribution in [2.75, 3.05) is 0 Å². The second kappa shape index (κ2) is 9.60. The number of halogens is 2. The number of hydrogen-bond donors (Lipinski definition) is 0. The SMILES string of the molecule is O=C1S/C(=C/c2ccccc2OCc2ccc(Cl)cc2Cl)C(=O)N1Cc1ccccc1. The highest BCUT2D eigenvalue weighted by atomic mass is 35.5. The van der Waals surface area contributed by atoms with Crippen molar-refractivity contribution < 1.29 is 14.3 Å². The predicted octanol–water partition coefficient (Wildman–Crippen LogP) is 6.81. The molecule has 0 saturated carbocycles. The number of thioether (sulfide) groups is 1. The van der Waals surface area contributed by atoms with Crippen molar-refractivity contribution in [2.24, 2.45) is 0 Å². The number of nitrogens with zero attached hydrogens (tertiary/aromatic N) is 1. The molecule has 1 heterocycles. The van der Waals surface area contributed by atoms with E-state index in [0.29, 0.717) is 26.3 Å². The summed E-state index contributed by atoms with van der Waals surface area (Å²) in [4.78, 5) is 26.9. The maximum Gasteiger partial charge on any atom is 0.293 e. The van der Waals surface area contributed by atoms with E-state index in [0.717, 1.165) is 22.9 Å². The molecular formula is C24H17Cl2NO3S. The molecule has 1 aliphatic heterocycles. The summed E-state index contributed by atoms with van der Waals surface area (Å²) in [7, 11) is 0. The number of amides is 2. The molecule has 0 aliphatic carbocycles. The number of rotatable bonds is 6. The lowest BCUT2D eigenvalue weighted by Crippen LogP contribution is -2.27. The second-order valence-electron chi connectivity index (χ2n) is 6.82. The molecule has 0 spiro atoms. The zero-order valence-electron chi connectivity index (χ0n) is 16.3. The van der Waals surface area contributed by atoms with Crippen molar-refractivity contribution in [1.29, 1.82) is 0 Å². The Balaban J connectivity index is 1.52. The first-order chi connectivity index (χ1) is 15.0. The molecule has 1 saturated heterocycles. The lowest BCUT2D eigenvalue weighted by Gasteiger charge is -2.12. The molecule has 3 aromatic rings. The van der Waals surface area contributed by atoms with Crippen LogP contribution >= 0.6 is 35.0 Å². The molecule has 2 amide bonds. The number of para-hydroxylation sites is 1. The van der Waals surface area contributed by atoms with Crippen LogP contribution in [0, 0.1) is 0 Å². The fourth-order valence-electron chi connectivity index (χ4n) is 3.07. The van der Waals surface area contributed by atoms with Crippen LogP contribution in [0.5, 0.6) is 5.75 Å². The van der Waals surface area contributed by atoms with Crippen molar-refractivity contribution in [2.45, 2.75) is 13.2 Å². The van der Waals surface area contributed by atoms with Crippen LogP contribution < -0.4 is 4.74 Å². The molecule has 0 N–H and O–H groups in total. The van der Waals surface area contributed by atoms with Gasteiger partial charge in [0.05, 0.1) is 11.4 Å². The Morgan fingerprint density at radius 2 is 1.68 bits per heavy atom. The summed E-state index contributed by atoms with van der Waals surface area (Å²) in [6, 6.07) is 22.0. The molecule has 31 heavy (non-hydrogen) atoms. The molecule has 156 valence electrons. The number of imide groups is 1. The Morgan fingerprint density at radius 1 is 0.935 bits per heavy atom. The Labute approximate surface area is 194 Å². The molecule has 0 bridgehead atoms. The van der Waals surface area contributed by atoms with Gasteiger partial charge in [0, 0.05) is 21.2 Å². The zero-order chi connectivity index (χ0) is 21.8. The van der Waals surface area contributed by atoms with Gasteiger partial charge in [-0.05, 0) is 41.6 Å². The maximum atomic E-state index is 12.8. The van der Waals surface area contributed by atoms with Gasteiger partial charge in [-0.1, -0.05) is 77.8 Å². The van der Waals surface area contributed by atoms with Crippen LogP contribution in [0.25, 0.3) is 6.08 Å². The molecule has 7 heteroatoms. The van der Waals surface area contributed by atoms with Gasteiger partial charge in [0.2, 0.25) is 0 Å². The molecule has 4 rings (SSSR count). The summed E-state index contributed by atoms with van der Waals surface area (Å²) in [5.41, 5.74) is 2.40. The summed E-state index contributed by atoms with van der Waals surface area (Å²) in [5.74, 6) is 0.276. The van der Waals surface area contributed by atoms with E-state index in [1.54, 1.807) is 18.2 Å². The van der Waals surface area contributed by atoms with Gasteiger partial charge in [-0.2, -0.15) is 0 Å². The van der Waals surface area contributed by atoms with Crippen LogP contribution in [0.3, 0.4) is 0 Å².